The number of hydrogen-bond acceptors (Lipinski definition) is 7. The number of rotatable bonds is 10. The molecule has 0 radical (unpaired) electrons. The van der Waals surface area contributed by atoms with Gasteiger partial charge < -0.3 is 9.47 Å². The number of hydrogen-bond donors (Lipinski definition) is 1. The number of imidazole rings is 1. The van der Waals surface area contributed by atoms with Crippen LogP contribution in [-0.2, 0) is 30.1 Å². The van der Waals surface area contributed by atoms with E-state index in [4.69, 9.17) is 13.8 Å². The summed E-state index contributed by atoms with van der Waals surface area (Å²) in [6, 6.07) is 2.78. The van der Waals surface area contributed by atoms with Crippen LogP contribution in [-0.4, -0.2) is 74.2 Å². The predicted molar refractivity (Wildman–Crippen MR) is 135 cm³/mol. The van der Waals surface area contributed by atoms with Gasteiger partial charge in [-0.25, -0.2) is 0 Å². The number of hydroxylamine groups is 2. The zero-order valence-corrected chi connectivity index (χ0v) is 23.0. The number of nitrogens with one attached hydrogen (secondary N) is 1. The van der Waals surface area contributed by atoms with Gasteiger partial charge in [-0.2, -0.15) is 38.3 Å². The van der Waals surface area contributed by atoms with E-state index in [1.807, 2.05) is 27.7 Å². The number of quaternary nitrogens is 1. The van der Waals surface area contributed by atoms with Crippen LogP contribution in [0.4, 0.5) is 19.1 Å². The molecule has 1 saturated heterocycles. The van der Waals surface area contributed by atoms with Crippen LogP contribution in [0.25, 0.3) is 11.0 Å². The summed E-state index contributed by atoms with van der Waals surface area (Å²) in [5.74, 6) is 1.13. The highest BCUT2D eigenvalue weighted by atomic mass is 32.2. The van der Waals surface area contributed by atoms with E-state index in [2.05, 4.69) is 9.97 Å². The molecule has 1 N–H and O–H groups in total. The Labute approximate surface area is 214 Å². The zero-order valence-electron chi connectivity index (χ0n) is 21.4. The first-order chi connectivity index (χ1) is 16.6. The number of aromatic amines is 1. The molecule has 4 atom stereocenters. The van der Waals surface area contributed by atoms with Gasteiger partial charge in [-0.1, -0.05) is 15.9 Å². The van der Waals surface area contributed by atoms with E-state index in [0.717, 1.165) is 18.4 Å². The van der Waals surface area contributed by atoms with Crippen LogP contribution >= 0.6 is 11.8 Å². The molecule has 13 heteroatoms. The number of fused-ring (bicyclic) bond motifs is 1. The second kappa shape index (κ2) is 10.8. The lowest BCUT2D eigenvalue weighted by Gasteiger charge is -2.46. The molecule has 2 heterocycles. The number of ether oxygens (including phenoxy) is 2. The van der Waals surface area contributed by atoms with Gasteiger partial charge in [0, 0.05) is 37.6 Å². The highest BCUT2D eigenvalue weighted by molar-refractivity contribution is 7.99. The molecule has 0 saturated carbocycles. The zero-order chi connectivity index (χ0) is 26.9. The molecule has 1 aromatic heterocycles. The van der Waals surface area contributed by atoms with Crippen molar-refractivity contribution < 1.29 is 35.3 Å². The lowest BCUT2D eigenvalue weighted by atomic mass is 9.88. The van der Waals surface area contributed by atoms with Gasteiger partial charge in [-0.15, -0.1) is 0 Å². The summed E-state index contributed by atoms with van der Waals surface area (Å²) in [6.07, 6.45) is -3.23. The summed E-state index contributed by atoms with van der Waals surface area (Å²) in [7, 11) is -2.37. The summed E-state index contributed by atoms with van der Waals surface area (Å²) in [5, 5.41) is 0. The van der Waals surface area contributed by atoms with Crippen LogP contribution in [0.3, 0.4) is 0 Å². The molecule has 4 unspecified atom stereocenters. The standard InChI is InChI=1S/C23H35F3N3O5S2/c1-7-33-22(3,4)14-35-13-19-15(2)20(32-5)10-11-29(19,34-36(6,30)31)21-27-17-9-8-16(23(24,25)26)12-18(17)28-21/h8-9,12,15,19-20H,7,10-11,13-14H2,1-6H3,(H,27,28)/q+1. The average Bonchev–Trinajstić information content (AvgIpc) is 3.18. The Hall–Kier alpha value is -1.38. The topological polar surface area (TPSA) is 90.5 Å². The second-order valence-electron chi connectivity index (χ2n) is 9.79. The summed E-state index contributed by atoms with van der Waals surface area (Å²) in [4.78, 5) is 7.47. The molecule has 36 heavy (non-hydrogen) atoms. The summed E-state index contributed by atoms with van der Waals surface area (Å²) in [6.45, 7) is 8.63. The first-order valence-electron chi connectivity index (χ1n) is 11.7. The molecule has 1 fully saturated rings. The normalized spacial score (nSPS) is 26.0. The van der Waals surface area contributed by atoms with Crippen molar-refractivity contribution in [1.29, 1.82) is 0 Å². The van der Waals surface area contributed by atoms with Gasteiger partial charge in [0.05, 0.1) is 34.6 Å². The van der Waals surface area contributed by atoms with Crippen LogP contribution in [0.5, 0.6) is 0 Å². The van der Waals surface area contributed by atoms with Crippen molar-refractivity contribution in [3.63, 3.8) is 0 Å². The first kappa shape index (κ1) is 29.2. The van der Waals surface area contributed by atoms with Crippen LogP contribution in [0, 0.1) is 5.92 Å². The van der Waals surface area contributed by atoms with Crippen LogP contribution < -0.4 is 4.65 Å². The maximum absolute atomic E-state index is 13.3. The summed E-state index contributed by atoms with van der Waals surface area (Å²) < 4.78 is 81.7. The fourth-order valence-electron chi connectivity index (χ4n) is 4.82. The molecule has 1 aliphatic rings. The van der Waals surface area contributed by atoms with E-state index in [1.165, 1.54) is 6.07 Å². The van der Waals surface area contributed by atoms with E-state index < -0.39 is 38.1 Å². The molecule has 1 aliphatic heterocycles. The molecule has 0 spiro atoms. The number of nitrogens with zero attached hydrogens (tertiary/aromatic N) is 2. The molecular formula is C23H35F3N3O5S2+. The molecular weight excluding hydrogens is 519 g/mol. The van der Waals surface area contributed by atoms with Gasteiger partial charge in [0.15, 0.2) is 0 Å². The Kier molecular flexibility index (Phi) is 8.73. The molecule has 204 valence electrons. The molecule has 3 rings (SSSR count). The molecule has 2 aromatic rings. The van der Waals surface area contributed by atoms with Gasteiger partial charge in [0.2, 0.25) is 0 Å². The summed E-state index contributed by atoms with van der Waals surface area (Å²) >= 11 is 1.60. The van der Waals surface area contributed by atoms with E-state index in [1.54, 1.807) is 18.9 Å². The van der Waals surface area contributed by atoms with E-state index in [-0.39, 0.29) is 35.5 Å². The maximum Gasteiger partial charge on any atom is 0.416 e. The molecule has 0 bridgehead atoms. The fraction of sp³-hybridized carbons (Fsp3) is 0.696. The van der Waals surface area contributed by atoms with Crippen molar-refractivity contribution in [2.75, 3.05) is 38.0 Å². The lowest BCUT2D eigenvalue weighted by Crippen LogP contribution is -2.67. The number of methoxy groups -OCH3 is 1. The smallest absolute Gasteiger partial charge is 0.381 e. The predicted octanol–water partition coefficient (Wildman–Crippen LogP) is 4.75. The van der Waals surface area contributed by atoms with Crippen LogP contribution in [0.1, 0.15) is 39.7 Å². The van der Waals surface area contributed by atoms with Crippen molar-refractivity contribution in [2.45, 2.75) is 58.0 Å². The average molecular weight is 555 g/mol. The van der Waals surface area contributed by atoms with Crippen LogP contribution in [0.2, 0.25) is 0 Å². The minimum atomic E-state index is -4.52. The SMILES string of the molecule is CCOC(C)(C)CSCC1C(C)C(OC)CC[N+]1(OS(C)(=O)=O)c1nc2ccc(C(F)(F)F)cc2[nH]1. The number of H-pyrrole nitrogens is 1. The van der Waals surface area contributed by atoms with Crippen molar-refractivity contribution in [3.05, 3.63) is 23.8 Å². The second-order valence-corrected chi connectivity index (χ2v) is 12.4. The number of alkyl halides is 3. The molecule has 1 aromatic carbocycles. The minimum Gasteiger partial charge on any atom is -0.381 e. The third-order valence-electron chi connectivity index (χ3n) is 6.47. The third kappa shape index (κ3) is 6.54. The Balaban J connectivity index is 2.08. The monoisotopic (exact) mass is 554 g/mol. The number of thioether (sulfide) groups is 1. The van der Waals surface area contributed by atoms with E-state index >= 15 is 0 Å². The molecule has 0 amide bonds. The number of piperidine rings is 1. The van der Waals surface area contributed by atoms with E-state index in [0.29, 0.717) is 24.5 Å². The van der Waals surface area contributed by atoms with Crippen LogP contribution in [0.15, 0.2) is 18.2 Å². The van der Waals surface area contributed by atoms with Crippen molar-refractivity contribution in [1.82, 2.24) is 14.6 Å². The minimum absolute atomic E-state index is 0.144. The van der Waals surface area contributed by atoms with Gasteiger partial charge in [0.1, 0.15) is 12.6 Å². The van der Waals surface area contributed by atoms with Crippen molar-refractivity contribution >= 4 is 38.9 Å². The highest BCUT2D eigenvalue weighted by Crippen LogP contribution is 2.40. The van der Waals surface area contributed by atoms with Gasteiger partial charge in [-0.05, 0) is 39.0 Å². The van der Waals surface area contributed by atoms with Gasteiger partial charge in [-0.3, -0.25) is 4.98 Å². The van der Waals surface area contributed by atoms with Gasteiger partial charge in [0.25, 0.3) is 0 Å². The third-order valence-corrected chi connectivity index (χ3v) is 8.49. The number of halogens is 3. The first-order valence-corrected chi connectivity index (χ1v) is 14.7. The van der Waals surface area contributed by atoms with E-state index in [9.17, 15) is 21.6 Å². The Morgan fingerprint density at radius 2 is 1.97 bits per heavy atom. The number of benzene rings is 1. The summed E-state index contributed by atoms with van der Waals surface area (Å²) in [5.41, 5.74) is -0.770. The Morgan fingerprint density at radius 3 is 2.56 bits per heavy atom. The molecule has 8 nitrogen and oxygen atoms in total. The fourth-order valence-corrected chi connectivity index (χ4v) is 7.04. The largest absolute Gasteiger partial charge is 0.416 e. The Morgan fingerprint density at radius 1 is 1.28 bits per heavy atom. The number of aromatic nitrogens is 2. The molecule has 0 aliphatic carbocycles. The maximum atomic E-state index is 13.3. The lowest BCUT2D eigenvalue weighted by molar-refractivity contribution is -0.144. The quantitative estimate of drug-likeness (QED) is 0.424. The Bertz CT molecular complexity index is 1160. The van der Waals surface area contributed by atoms with Crippen molar-refractivity contribution in [3.8, 4) is 0 Å². The highest BCUT2D eigenvalue weighted by Gasteiger charge is 2.55. The van der Waals surface area contributed by atoms with Crippen molar-refractivity contribution in [2.24, 2.45) is 5.92 Å². The van der Waals surface area contributed by atoms with Gasteiger partial charge >= 0.3 is 22.2 Å².